The molecule has 0 N–H and O–H groups in total. The van der Waals surface area contributed by atoms with Gasteiger partial charge in [0.05, 0.1) is 47.3 Å². The van der Waals surface area contributed by atoms with E-state index in [0.717, 1.165) is 54.8 Å². The third-order valence-corrected chi connectivity index (χ3v) is 15.8. The Morgan fingerprint density at radius 1 is 0.604 bits per heavy atom. The number of halogens is 8. The maximum absolute atomic E-state index is 15.1. The van der Waals surface area contributed by atoms with Crippen LogP contribution in [0.2, 0.25) is 0 Å². The van der Waals surface area contributed by atoms with E-state index in [2.05, 4.69) is 9.97 Å². The van der Waals surface area contributed by atoms with E-state index < -0.39 is 317 Å². The Morgan fingerprint density at radius 2 is 1.10 bits per heavy atom. The summed E-state index contributed by atoms with van der Waals surface area (Å²) in [6.45, 7) is -32.0. The standard InChI is InChI=1S/2C37H40F4N4O2S/c1-4-43(5-2)21-22-44(25(3)27-11-13-28(14-12-27)29-15-17-30(18-16-29)37(39,40)41)34(46)23-45-33-8-6-7-32(33)35(47)42-36(45)48-24-26-9-19-31(38)20-10-26;1-4-43(5-2)19-20-44(22-26-9-13-28(14-10-26)29-15-18-32(25(3)21-29)37(39,40)41)34(46)23-45-33-8-6-7-31(33)35(47)42-36(45)48-24-27-11-16-30(38)17-12-27/h9-20,25H,4-8,21-24H2,1-3H3;9-18,21H,4-8,19-20,22-24H2,1-3H3/i4D2,5D2,6D2,7D2,8D2,9D,10D,19D,20D,21D2,22D2,25D;4D2,5D2,9D,10D,11D,12D,13D,14D,15D,16D,17D,18D,19D2,20D2,21D,22D2. The lowest BCUT2D eigenvalue weighted by atomic mass is 9.98. The maximum Gasteiger partial charge on any atom is 0.416 e. The molecular weight excluding hydrogens is 1280 g/mol. The number of alkyl halides is 6. The monoisotopic (exact) mass is 1400 g/mol. The number of fused-ring (bicyclic) bond motifs is 2. The van der Waals surface area contributed by atoms with Gasteiger partial charge in [-0.2, -0.15) is 36.3 Å². The molecule has 8 aromatic rings. The van der Waals surface area contributed by atoms with E-state index in [4.69, 9.17) is 45.2 Å². The Balaban J connectivity index is 0.000000305. The second-order valence-corrected chi connectivity index (χ2v) is 21.8. The molecule has 0 bridgehead atoms. The molecule has 6 aromatic carbocycles. The average Bonchev–Trinajstić information content (AvgIpc) is 1.42. The smallest absolute Gasteiger partial charge is 0.336 e. The molecule has 2 heterocycles. The molecule has 2 aromatic heterocycles. The minimum atomic E-state index is -5.27. The normalized spacial score (nSPS) is 22.5. The number of rotatable bonds is 26. The van der Waals surface area contributed by atoms with Gasteiger partial charge in [0.2, 0.25) is 11.8 Å². The lowest BCUT2D eigenvalue weighted by Gasteiger charge is -2.33. The highest BCUT2D eigenvalue weighted by atomic mass is 32.2. The number of carbonyl (C=O) groups is 2. The number of thioether (sulfide) groups is 2. The Labute approximate surface area is 620 Å². The molecule has 0 saturated carbocycles. The van der Waals surface area contributed by atoms with Crippen molar-refractivity contribution in [1.82, 2.24) is 38.7 Å². The lowest BCUT2D eigenvalue weighted by Crippen LogP contribution is -2.42. The number of amides is 2. The first-order chi connectivity index (χ1) is 61.3. The van der Waals surface area contributed by atoms with Crippen molar-refractivity contribution in [3.63, 3.8) is 0 Å². The molecule has 0 spiro atoms. The van der Waals surface area contributed by atoms with Crippen LogP contribution in [0.1, 0.15) is 170 Å². The van der Waals surface area contributed by atoms with E-state index >= 15 is 9.59 Å². The van der Waals surface area contributed by atoms with Gasteiger partial charge in [-0.1, -0.05) is 148 Å². The summed E-state index contributed by atoms with van der Waals surface area (Å²) in [5.74, 6) is -8.00. The van der Waals surface area contributed by atoms with E-state index in [0.29, 0.717) is 44.0 Å². The van der Waals surface area contributed by atoms with E-state index in [1.807, 2.05) is 0 Å². The molecule has 12 nitrogen and oxygen atoms in total. The van der Waals surface area contributed by atoms with Gasteiger partial charge < -0.3 is 28.7 Å². The van der Waals surface area contributed by atoms with Gasteiger partial charge in [-0.25, -0.2) is 8.78 Å². The molecule has 0 fully saturated rings. The first kappa shape index (κ1) is 36.1. The van der Waals surface area contributed by atoms with Crippen LogP contribution in [0.3, 0.4) is 0 Å². The van der Waals surface area contributed by atoms with Crippen LogP contribution in [0.25, 0.3) is 22.3 Å². The molecule has 2 aliphatic rings. The topological polar surface area (TPSA) is 117 Å². The SMILES string of the molecule is [2H]c1c([2H])c(CSc2nc(=O)c3c(n2CC(=O)N(C([2H])(C)c2ccc(-c4ccc(C(F)(F)F)cc4)cc2)C([2H])([2H])C([2H])([2H])N(C([2H])([2H])C)C([2H])([2H])C)C([2H])([2H])C([2H])([2H])C3([2H])[2H])c([2H])c([2H])c1F.[2H]c1c([2H])c(CSc2nc(=O)c3c(n2CC(=O)N(C([2H])([2H])c2c([2H])c([2H])c(-c4c([2H])c([2H])c(C(F)(F)F)c(C)c4[2H])c([2H])c2[2H])C([2H])([2H])C([2H])([2H])N(C([2H])([2H])C)C([2H])([2H])C)CCC3)c([2H])c([2H])c1F. The van der Waals surface area contributed by atoms with Crippen LogP contribution in [0, 0.1) is 18.6 Å². The quantitative estimate of drug-likeness (QED) is 0.0295. The zero-order valence-corrected chi connectivity index (χ0v) is 52.8. The highest BCUT2D eigenvalue weighted by Gasteiger charge is 2.34. The predicted octanol–water partition coefficient (Wildman–Crippen LogP) is 15.3. The van der Waals surface area contributed by atoms with Crippen LogP contribution in [0.4, 0.5) is 35.1 Å². The number of aromatic nitrogens is 4. The largest absolute Gasteiger partial charge is 0.416 e. The number of hydrogen-bond acceptors (Lipinski definition) is 10. The van der Waals surface area contributed by atoms with E-state index in [1.54, 1.807) is 0 Å². The molecule has 22 heteroatoms. The highest BCUT2D eigenvalue weighted by Crippen LogP contribution is 2.36. The average molecular weight is 1400 g/mol. The van der Waals surface area contributed by atoms with E-state index in [1.165, 1.54) is 12.1 Å². The summed E-state index contributed by atoms with van der Waals surface area (Å²) in [5.41, 5.74) is -13.0. The van der Waals surface area contributed by atoms with Crippen molar-refractivity contribution in [3.05, 3.63) is 233 Å². The molecule has 0 aliphatic heterocycles. The maximum atomic E-state index is 15.1. The van der Waals surface area contributed by atoms with Crippen LogP contribution in [0.15, 0.2) is 159 Å². The summed E-state index contributed by atoms with van der Waals surface area (Å²) in [7, 11) is 0. The second-order valence-electron chi connectivity index (χ2n) is 19.9. The van der Waals surface area contributed by atoms with E-state index in [-0.39, 0.29) is 73.7 Å². The van der Waals surface area contributed by atoms with Crippen molar-refractivity contribution in [2.24, 2.45) is 0 Å². The molecule has 0 saturated heterocycles. The van der Waals surface area contributed by atoms with Crippen molar-refractivity contribution >= 4 is 35.3 Å². The second kappa shape index (κ2) is 32.9. The summed E-state index contributed by atoms with van der Waals surface area (Å²) in [6.07, 6.45) is -20.3. The molecule has 2 amide bonds. The summed E-state index contributed by atoms with van der Waals surface area (Å²) in [4.78, 5) is 63.6. The Bertz CT molecular complexity index is 6100. The summed E-state index contributed by atoms with van der Waals surface area (Å²) in [6, 6.07) is -12.0. The number of benzene rings is 6. The van der Waals surface area contributed by atoms with Crippen LogP contribution < -0.4 is 11.1 Å². The number of carbonyl (C=O) groups excluding carboxylic acids is 2. The van der Waals surface area contributed by atoms with Crippen molar-refractivity contribution in [2.45, 2.75) is 140 Å². The Morgan fingerprint density at radius 3 is 1.65 bits per heavy atom. The molecular formula is C74H80F8N8O4S2. The third-order valence-electron chi connectivity index (χ3n) is 13.8. The highest BCUT2D eigenvalue weighted by molar-refractivity contribution is 7.98. The van der Waals surface area contributed by atoms with Gasteiger partial charge in [-0.3, -0.25) is 19.2 Å². The number of hydrogen-bond donors (Lipinski definition) is 0. The minimum absolute atomic E-state index is 0.00246. The summed E-state index contributed by atoms with van der Waals surface area (Å²) in [5, 5.41) is -1.30. The van der Waals surface area contributed by atoms with Crippen LogP contribution in [-0.4, -0.2) is 102 Å². The first-order valence-corrected chi connectivity index (χ1v) is 30.2. The minimum Gasteiger partial charge on any atom is -0.336 e. The molecule has 10 rings (SSSR count). The zero-order chi connectivity index (χ0) is 104. The van der Waals surface area contributed by atoms with E-state index in [9.17, 15) is 54.3 Å². The van der Waals surface area contributed by atoms with Crippen molar-refractivity contribution in [1.29, 1.82) is 0 Å². The van der Waals surface area contributed by atoms with Gasteiger partial charge in [0.25, 0.3) is 11.1 Å². The van der Waals surface area contributed by atoms with Gasteiger partial charge in [0, 0.05) is 91.2 Å². The molecule has 2 aliphatic carbocycles. The molecule has 96 heavy (non-hydrogen) atoms. The Hall–Kier alpha value is -7.92. The van der Waals surface area contributed by atoms with Crippen LogP contribution in [0.5, 0.6) is 0 Å². The summed E-state index contributed by atoms with van der Waals surface area (Å²) < 4.78 is 457. The Kier molecular flexibility index (Phi) is 12.4. The predicted molar refractivity (Wildman–Crippen MR) is 363 cm³/mol. The zero-order valence-electron chi connectivity index (χ0n) is 91.1. The summed E-state index contributed by atoms with van der Waals surface area (Å²) >= 11 is 0.769. The number of likely N-dealkylation sites (N-methyl/N-ethyl adjacent to an activating group) is 2. The fraction of sp³-hybridized carbons (Fsp3) is 0.378. The number of nitrogens with zero attached hydrogens (tertiary/aromatic N) is 8. The van der Waals surface area contributed by atoms with Gasteiger partial charge >= 0.3 is 12.4 Å². The van der Waals surface area contributed by atoms with Gasteiger partial charge in [0.1, 0.15) is 24.7 Å². The van der Waals surface area contributed by atoms with Crippen molar-refractivity contribution < 1.29 is 99.5 Å². The van der Waals surface area contributed by atoms with Gasteiger partial charge in [-0.15, -0.1) is 0 Å². The van der Waals surface area contributed by atoms with Gasteiger partial charge in [0.15, 0.2) is 10.3 Å². The van der Waals surface area contributed by atoms with Gasteiger partial charge in [-0.05, 0) is 171 Å². The fourth-order valence-corrected chi connectivity index (χ4v) is 10.8. The molecule has 508 valence electrons. The van der Waals surface area contributed by atoms with Crippen LogP contribution in [-0.2, 0) is 78.6 Å². The lowest BCUT2D eigenvalue weighted by molar-refractivity contribution is -0.138. The molecule has 1 unspecified atom stereocenters. The third kappa shape index (κ3) is 18.6. The molecule has 0 radical (unpaired) electrons. The van der Waals surface area contributed by atoms with Crippen molar-refractivity contribution in [2.75, 3.05) is 52.0 Å². The fourth-order valence-electron chi connectivity index (χ4n) is 9.05. The molecule has 1 atom stereocenters. The van der Waals surface area contributed by atoms with Crippen LogP contribution >= 0.6 is 23.5 Å². The van der Waals surface area contributed by atoms with Crippen molar-refractivity contribution in [3.8, 4) is 22.3 Å². The first-order valence-electron chi connectivity index (χ1n) is 48.2.